The molecule has 0 amide bonds. The number of methoxy groups -OCH3 is 1. The first-order valence-electron chi connectivity index (χ1n) is 6.71. The van der Waals surface area contributed by atoms with Gasteiger partial charge in [0.25, 0.3) is 0 Å². The largest absolute Gasteiger partial charge is 0.376 e. The van der Waals surface area contributed by atoms with Crippen LogP contribution < -0.4 is 11.3 Å². The highest BCUT2D eigenvalue weighted by molar-refractivity contribution is 9.10. The van der Waals surface area contributed by atoms with Gasteiger partial charge in [-0.25, -0.2) is 5.43 Å². The van der Waals surface area contributed by atoms with E-state index in [1.54, 1.807) is 7.11 Å². The number of rotatable bonds is 7. The molecule has 0 bridgehead atoms. The molecule has 1 aromatic heterocycles. The van der Waals surface area contributed by atoms with E-state index in [2.05, 4.69) is 54.1 Å². The quantitative estimate of drug-likeness (QED) is 0.595. The molecule has 0 aliphatic heterocycles. The Morgan fingerprint density at radius 3 is 2.42 bits per heavy atom. The van der Waals surface area contributed by atoms with Crippen LogP contribution in [0.15, 0.2) is 10.7 Å². The Morgan fingerprint density at radius 2 is 2.05 bits per heavy atom. The summed E-state index contributed by atoms with van der Waals surface area (Å²) in [6, 6.07) is 0.146. The lowest BCUT2D eigenvalue weighted by Crippen LogP contribution is -2.48. The van der Waals surface area contributed by atoms with Gasteiger partial charge in [0.1, 0.15) is 0 Å². The van der Waals surface area contributed by atoms with Crippen molar-refractivity contribution in [3.63, 3.8) is 0 Å². The number of hydrogen-bond donors (Lipinski definition) is 2. The summed E-state index contributed by atoms with van der Waals surface area (Å²) in [4.78, 5) is 0. The van der Waals surface area contributed by atoms with Crippen molar-refractivity contribution in [2.24, 2.45) is 5.84 Å². The van der Waals surface area contributed by atoms with Crippen molar-refractivity contribution in [1.29, 1.82) is 0 Å². The lowest BCUT2D eigenvalue weighted by atomic mass is 9.86. The number of aromatic nitrogens is 2. The van der Waals surface area contributed by atoms with Crippen molar-refractivity contribution >= 4 is 15.9 Å². The topological polar surface area (TPSA) is 65.1 Å². The summed E-state index contributed by atoms with van der Waals surface area (Å²) in [5.74, 6) is 5.82. The predicted molar refractivity (Wildman–Crippen MR) is 80.7 cm³/mol. The zero-order valence-electron chi connectivity index (χ0n) is 12.4. The molecular weight excluding hydrogens is 308 g/mol. The third kappa shape index (κ3) is 3.02. The second-order valence-corrected chi connectivity index (χ2v) is 5.85. The van der Waals surface area contributed by atoms with Gasteiger partial charge in [-0.05, 0) is 42.6 Å². The minimum atomic E-state index is -0.343. The van der Waals surface area contributed by atoms with Crippen LogP contribution >= 0.6 is 15.9 Å². The zero-order valence-corrected chi connectivity index (χ0v) is 14.0. The van der Waals surface area contributed by atoms with Crippen molar-refractivity contribution in [2.45, 2.75) is 58.2 Å². The summed E-state index contributed by atoms with van der Waals surface area (Å²) in [5.41, 5.74) is 3.61. The van der Waals surface area contributed by atoms with E-state index >= 15 is 0 Å². The molecule has 0 saturated heterocycles. The summed E-state index contributed by atoms with van der Waals surface area (Å²) < 4.78 is 8.73. The fourth-order valence-corrected chi connectivity index (χ4v) is 3.08. The summed E-state index contributed by atoms with van der Waals surface area (Å²) in [5, 5.41) is 4.42. The van der Waals surface area contributed by atoms with Crippen molar-refractivity contribution in [3.8, 4) is 0 Å². The Labute approximate surface area is 124 Å². The maximum Gasteiger partial charge on any atom is 0.0929 e. The molecule has 0 spiro atoms. The van der Waals surface area contributed by atoms with Crippen molar-refractivity contribution in [2.75, 3.05) is 7.11 Å². The second kappa shape index (κ2) is 6.83. The van der Waals surface area contributed by atoms with E-state index in [-0.39, 0.29) is 17.7 Å². The molecule has 0 aromatic carbocycles. The predicted octanol–water partition coefficient (Wildman–Crippen LogP) is 2.94. The highest BCUT2D eigenvalue weighted by atomic mass is 79.9. The lowest BCUT2D eigenvalue weighted by molar-refractivity contribution is -0.0511. The normalized spacial score (nSPS) is 14.1. The number of halogens is 1. The Kier molecular flexibility index (Phi) is 5.98. The van der Waals surface area contributed by atoms with Crippen LogP contribution in [0, 0.1) is 0 Å². The number of hydrogen-bond acceptors (Lipinski definition) is 4. The van der Waals surface area contributed by atoms with Gasteiger partial charge in [-0.15, -0.1) is 0 Å². The molecule has 1 aromatic rings. The smallest absolute Gasteiger partial charge is 0.0929 e. The molecule has 1 unspecified atom stereocenters. The molecule has 1 heterocycles. The van der Waals surface area contributed by atoms with Crippen LogP contribution in [0.1, 0.15) is 58.3 Å². The van der Waals surface area contributed by atoms with E-state index in [1.165, 1.54) is 0 Å². The molecule has 1 atom stereocenters. The van der Waals surface area contributed by atoms with Gasteiger partial charge >= 0.3 is 0 Å². The monoisotopic (exact) mass is 332 g/mol. The Balaban J connectivity index is 3.34. The van der Waals surface area contributed by atoms with Gasteiger partial charge in [-0.2, -0.15) is 5.10 Å². The minimum absolute atomic E-state index is 0.119. The van der Waals surface area contributed by atoms with Crippen LogP contribution in [0.25, 0.3) is 0 Å². The van der Waals surface area contributed by atoms with Crippen molar-refractivity contribution in [3.05, 3.63) is 16.4 Å². The van der Waals surface area contributed by atoms with Crippen LogP contribution in [-0.2, 0) is 4.74 Å². The fourth-order valence-electron chi connectivity index (χ4n) is 2.58. The van der Waals surface area contributed by atoms with Crippen LogP contribution in [0.5, 0.6) is 0 Å². The second-order valence-electron chi connectivity index (χ2n) is 4.99. The van der Waals surface area contributed by atoms with Crippen LogP contribution in [0.2, 0.25) is 0 Å². The minimum Gasteiger partial charge on any atom is -0.376 e. The van der Waals surface area contributed by atoms with Crippen LogP contribution in [-0.4, -0.2) is 22.5 Å². The molecule has 1 rings (SSSR count). The number of ether oxygens (including phenoxy) is 1. The van der Waals surface area contributed by atoms with E-state index in [0.29, 0.717) is 0 Å². The molecule has 0 radical (unpaired) electrons. The lowest BCUT2D eigenvalue weighted by Gasteiger charge is -2.38. The average molecular weight is 333 g/mol. The first kappa shape index (κ1) is 16.6. The Bertz CT molecular complexity index is 393. The molecule has 19 heavy (non-hydrogen) atoms. The van der Waals surface area contributed by atoms with Crippen LogP contribution in [0.4, 0.5) is 0 Å². The highest BCUT2D eigenvalue weighted by Crippen LogP contribution is 2.38. The molecular formula is C13H25BrN4O. The molecule has 6 heteroatoms. The SMILES string of the molecule is CCC(CC)(OC)C(NN)c1c(Br)cnn1C(C)C. The summed E-state index contributed by atoms with van der Waals surface area (Å²) in [6.07, 6.45) is 3.54. The van der Waals surface area contributed by atoms with Gasteiger partial charge in [0.2, 0.25) is 0 Å². The maximum atomic E-state index is 5.82. The molecule has 110 valence electrons. The molecule has 0 aliphatic rings. The van der Waals surface area contributed by atoms with Gasteiger partial charge in [0, 0.05) is 13.2 Å². The standard InChI is InChI=1S/C13H25BrN4O/c1-6-13(7-2,19-5)12(17-15)11-10(14)8-16-18(11)9(3)4/h8-9,12,17H,6-7,15H2,1-5H3. The zero-order chi connectivity index (χ0) is 14.6. The van der Waals surface area contributed by atoms with E-state index in [1.807, 2.05) is 10.9 Å². The Hall–Kier alpha value is -0.430. The van der Waals surface area contributed by atoms with Crippen molar-refractivity contribution < 1.29 is 4.74 Å². The molecule has 0 aliphatic carbocycles. The summed E-state index contributed by atoms with van der Waals surface area (Å²) >= 11 is 3.57. The van der Waals surface area contributed by atoms with Gasteiger partial charge < -0.3 is 4.74 Å². The number of nitrogens with two attached hydrogens (primary N) is 1. The molecule has 5 nitrogen and oxygen atoms in total. The van der Waals surface area contributed by atoms with Gasteiger partial charge in [-0.3, -0.25) is 10.5 Å². The first-order chi connectivity index (χ1) is 8.97. The molecule has 3 N–H and O–H groups in total. The summed E-state index contributed by atoms with van der Waals surface area (Å²) in [6.45, 7) is 8.43. The number of hydrazine groups is 1. The van der Waals surface area contributed by atoms with E-state index in [4.69, 9.17) is 10.6 Å². The van der Waals surface area contributed by atoms with Gasteiger partial charge in [-0.1, -0.05) is 13.8 Å². The van der Waals surface area contributed by atoms with Gasteiger partial charge in [0.15, 0.2) is 0 Å². The van der Waals surface area contributed by atoms with Crippen molar-refractivity contribution in [1.82, 2.24) is 15.2 Å². The number of nitrogens with one attached hydrogen (secondary N) is 1. The average Bonchev–Trinajstić information content (AvgIpc) is 2.78. The third-order valence-electron chi connectivity index (χ3n) is 3.85. The Morgan fingerprint density at radius 1 is 1.47 bits per heavy atom. The van der Waals surface area contributed by atoms with Crippen LogP contribution in [0.3, 0.4) is 0 Å². The highest BCUT2D eigenvalue weighted by Gasteiger charge is 2.39. The van der Waals surface area contributed by atoms with E-state index in [9.17, 15) is 0 Å². The van der Waals surface area contributed by atoms with E-state index in [0.717, 1.165) is 23.0 Å². The molecule has 0 fully saturated rings. The summed E-state index contributed by atoms with van der Waals surface area (Å²) in [7, 11) is 1.74. The third-order valence-corrected chi connectivity index (χ3v) is 4.46. The first-order valence-corrected chi connectivity index (χ1v) is 7.50. The van der Waals surface area contributed by atoms with Gasteiger partial charge in [0.05, 0.1) is 28.0 Å². The maximum absolute atomic E-state index is 5.82. The fraction of sp³-hybridized carbons (Fsp3) is 0.769. The van der Waals surface area contributed by atoms with E-state index < -0.39 is 0 Å². The molecule has 0 saturated carbocycles. The number of nitrogens with zero attached hydrogens (tertiary/aromatic N) is 2.